The van der Waals surface area contributed by atoms with E-state index in [9.17, 15) is 18.0 Å². The van der Waals surface area contributed by atoms with Crippen molar-refractivity contribution in [3.8, 4) is 0 Å². The number of likely N-dealkylation sites (tertiary alicyclic amines) is 2. The van der Waals surface area contributed by atoms with Gasteiger partial charge in [0.15, 0.2) is 0 Å². The summed E-state index contributed by atoms with van der Waals surface area (Å²) in [7, 11) is -3.65. The molecular formula is C21H31N3O4S3. The van der Waals surface area contributed by atoms with Crippen molar-refractivity contribution in [1.29, 1.82) is 0 Å². The predicted octanol–water partition coefficient (Wildman–Crippen LogP) is 2.74. The Hall–Kier alpha value is -1.10. The third-order valence-electron chi connectivity index (χ3n) is 6.46. The number of thioether (sulfide) groups is 1. The lowest BCUT2D eigenvalue weighted by atomic mass is 9.95. The average molecular weight is 486 g/mol. The molecule has 0 spiro atoms. The number of nitrogens with zero attached hydrogens (tertiary/aromatic N) is 3. The van der Waals surface area contributed by atoms with Gasteiger partial charge in [-0.05, 0) is 37.1 Å². The fraction of sp³-hybridized carbons (Fsp3) is 0.714. The van der Waals surface area contributed by atoms with Crippen LogP contribution in [0.25, 0.3) is 0 Å². The van der Waals surface area contributed by atoms with Gasteiger partial charge in [-0.15, -0.1) is 11.3 Å². The first kappa shape index (κ1) is 23.1. The molecule has 31 heavy (non-hydrogen) atoms. The number of hydrogen-bond donors (Lipinski definition) is 0. The van der Waals surface area contributed by atoms with Crippen molar-refractivity contribution in [3.63, 3.8) is 0 Å². The topological polar surface area (TPSA) is 78.0 Å². The summed E-state index contributed by atoms with van der Waals surface area (Å²) in [5.41, 5.74) is 0. The molecule has 0 radical (unpaired) electrons. The second-order valence-electron chi connectivity index (χ2n) is 8.44. The van der Waals surface area contributed by atoms with Crippen molar-refractivity contribution in [2.24, 2.45) is 5.92 Å². The minimum atomic E-state index is -3.65. The predicted molar refractivity (Wildman–Crippen MR) is 124 cm³/mol. The van der Waals surface area contributed by atoms with Gasteiger partial charge in [-0.2, -0.15) is 16.1 Å². The Morgan fingerprint density at radius 1 is 0.871 bits per heavy atom. The van der Waals surface area contributed by atoms with Gasteiger partial charge in [-0.25, -0.2) is 8.42 Å². The van der Waals surface area contributed by atoms with E-state index in [1.54, 1.807) is 28.1 Å². The van der Waals surface area contributed by atoms with Gasteiger partial charge in [0.1, 0.15) is 9.77 Å². The maximum absolute atomic E-state index is 13.2. The Bertz CT molecular complexity index is 879. The van der Waals surface area contributed by atoms with Crippen LogP contribution in [0.15, 0.2) is 16.3 Å². The van der Waals surface area contributed by atoms with E-state index in [-0.39, 0.29) is 22.6 Å². The molecule has 4 heterocycles. The molecule has 3 aliphatic rings. The third-order valence-corrected chi connectivity index (χ3v) is 10.4. The van der Waals surface area contributed by atoms with Crippen molar-refractivity contribution in [2.45, 2.75) is 43.4 Å². The van der Waals surface area contributed by atoms with E-state index in [0.717, 1.165) is 37.4 Å². The van der Waals surface area contributed by atoms with Gasteiger partial charge >= 0.3 is 0 Å². The molecule has 0 saturated carbocycles. The maximum Gasteiger partial charge on any atom is 0.265 e. The molecular weight excluding hydrogens is 454 g/mol. The number of carbonyl (C=O) groups excluding carboxylic acids is 2. The number of piperidine rings is 1. The van der Waals surface area contributed by atoms with Gasteiger partial charge in [-0.1, -0.05) is 12.8 Å². The highest BCUT2D eigenvalue weighted by molar-refractivity contribution is 7.99. The summed E-state index contributed by atoms with van der Waals surface area (Å²) >= 11 is 2.95. The van der Waals surface area contributed by atoms with Crippen LogP contribution in [0.5, 0.6) is 0 Å². The lowest BCUT2D eigenvalue weighted by molar-refractivity contribution is -0.136. The van der Waals surface area contributed by atoms with Gasteiger partial charge in [0.2, 0.25) is 15.9 Å². The summed E-state index contributed by atoms with van der Waals surface area (Å²) in [4.78, 5) is 30.3. The van der Waals surface area contributed by atoms with E-state index in [2.05, 4.69) is 0 Å². The van der Waals surface area contributed by atoms with E-state index < -0.39 is 10.0 Å². The molecule has 172 valence electrons. The van der Waals surface area contributed by atoms with E-state index in [0.29, 0.717) is 43.9 Å². The van der Waals surface area contributed by atoms with Crippen molar-refractivity contribution < 1.29 is 18.0 Å². The van der Waals surface area contributed by atoms with Crippen LogP contribution >= 0.6 is 23.1 Å². The Kier molecular flexibility index (Phi) is 7.61. The smallest absolute Gasteiger partial charge is 0.265 e. The molecule has 3 saturated heterocycles. The molecule has 1 aromatic rings. The van der Waals surface area contributed by atoms with Crippen LogP contribution in [0.3, 0.4) is 0 Å². The highest BCUT2D eigenvalue weighted by Gasteiger charge is 2.35. The van der Waals surface area contributed by atoms with Crippen molar-refractivity contribution in [1.82, 2.24) is 14.1 Å². The van der Waals surface area contributed by atoms with Gasteiger partial charge in [0.25, 0.3) is 5.91 Å². The van der Waals surface area contributed by atoms with Crippen LogP contribution in [0.2, 0.25) is 0 Å². The minimum absolute atomic E-state index is 0.0282. The quantitative estimate of drug-likeness (QED) is 0.655. The Balaban J connectivity index is 1.39. The fourth-order valence-electron chi connectivity index (χ4n) is 4.61. The highest BCUT2D eigenvalue weighted by atomic mass is 32.2. The number of rotatable bonds is 4. The van der Waals surface area contributed by atoms with Gasteiger partial charge in [0.05, 0.1) is 0 Å². The zero-order valence-electron chi connectivity index (χ0n) is 17.8. The number of thiophene rings is 1. The summed E-state index contributed by atoms with van der Waals surface area (Å²) in [6, 6.07) is 1.56. The lowest BCUT2D eigenvalue weighted by Crippen LogP contribution is -2.45. The fourth-order valence-corrected chi connectivity index (χ4v) is 8.54. The van der Waals surface area contributed by atoms with Crippen LogP contribution in [0, 0.1) is 5.92 Å². The zero-order chi connectivity index (χ0) is 21.8. The summed E-state index contributed by atoms with van der Waals surface area (Å²) in [5.74, 6) is 1.55. The van der Waals surface area contributed by atoms with Crippen molar-refractivity contribution in [3.05, 3.63) is 16.3 Å². The number of carbonyl (C=O) groups is 2. The van der Waals surface area contributed by atoms with Crippen molar-refractivity contribution in [2.75, 3.05) is 50.8 Å². The summed E-state index contributed by atoms with van der Waals surface area (Å²) in [5, 5.41) is 1.69. The molecule has 0 N–H and O–H groups in total. The zero-order valence-corrected chi connectivity index (χ0v) is 20.3. The largest absolute Gasteiger partial charge is 0.342 e. The van der Waals surface area contributed by atoms with Crippen LogP contribution < -0.4 is 0 Å². The molecule has 0 aliphatic carbocycles. The molecule has 10 heteroatoms. The first-order valence-electron chi connectivity index (χ1n) is 11.2. The molecule has 2 amide bonds. The first-order valence-corrected chi connectivity index (χ1v) is 14.7. The Morgan fingerprint density at radius 2 is 1.52 bits per heavy atom. The monoisotopic (exact) mass is 485 g/mol. The standard InChI is InChI=1S/C21H31N3O4S3/c25-20(22-8-3-1-2-4-9-22)17-5-10-23(11-6-17)21(26)19-18(7-14-30-19)31(27,28)24-12-15-29-16-13-24/h7,14,17H,1-6,8-13,15-16H2. The van der Waals surface area contributed by atoms with Crippen LogP contribution in [0.4, 0.5) is 0 Å². The SMILES string of the molecule is O=C(c1sccc1S(=O)(=O)N1CCSCC1)N1CCC(C(=O)N2CCCCCC2)CC1. The molecule has 0 atom stereocenters. The Morgan fingerprint density at radius 3 is 2.16 bits per heavy atom. The van der Waals surface area contributed by atoms with Crippen molar-refractivity contribution >= 4 is 44.9 Å². The van der Waals surface area contributed by atoms with Crippen LogP contribution in [-0.4, -0.2) is 85.1 Å². The molecule has 0 unspecified atom stereocenters. The van der Waals surface area contributed by atoms with Crippen LogP contribution in [0.1, 0.15) is 48.2 Å². The second-order valence-corrected chi connectivity index (χ2v) is 12.5. The molecule has 4 rings (SSSR count). The van der Waals surface area contributed by atoms with E-state index in [1.165, 1.54) is 28.5 Å². The summed E-state index contributed by atoms with van der Waals surface area (Å²) in [6.45, 7) is 3.68. The van der Waals surface area contributed by atoms with E-state index in [4.69, 9.17) is 0 Å². The van der Waals surface area contributed by atoms with Gasteiger partial charge in [0, 0.05) is 56.7 Å². The third kappa shape index (κ3) is 5.12. The highest BCUT2D eigenvalue weighted by Crippen LogP contribution is 2.30. The normalized spacial score (nSPS) is 22.3. The molecule has 3 aliphatic heterocycles. The molecule has 1 aromatic heterocycles. The lowest BCUT2D eigenvalue weighted by Gasteiger charge is -2.34. The first-order chi connectivity index (χ1) is 15.0. The Labute approximate surface area is 193 Å². The molecule has 0 bridgehead atoms. The van der Waals surface area contributed by atoms with E-state index >= 15 is 0 Å². The minimum Gasteiger partial charge on any atom is -0.342 e. The molecule has 7 nitrogen and oxygen atoms in total. The number of hydrogen-bond acceptors (Lipinski definition) is 6. The molecule has 0 aromatic carbocycles. The van der Waals surface area contributed by atoms with Gasteiger partial charge < -0.3 is 9.80 Å². The molecule has 3 fully saturated rings. The van der Waals surface area contributed by atoms with Crippen LogP contribution in [-0.2, 0) is 14.8 Å². The maximum atomic E-state index is 13.2. The number of amides is 2. The number of sulfonamides is 1. The van der Waals surface area contributed by atoms with Gasteiger partial charge in [-0.3, -0.25) is 9.59 Å². The average Bonchev–Trinajstić information content (AvgIpc) is 3.15. The summed E-state index contributed by atoms with van der Waals surface area (Å²) < 4.78 is 27.7. The van der Waals surface area contributed by atoms with E-state index in [1.807, 2.05) is 4.90 Å². The second kappa shape index (κ2) is 10.2. The summed E-state index contributed by atoms with van der Waals surface area (Å²) in [6.07, 6.45) is 5.84.